The van der Waals surface area contributed by atoms with E-state index in [0.29, 0.717) is 11.7 Å². The zero-order valence-electron chi connectivity index (χ0n) is 23.8. The van der Waals surface area contributed by atoms with Crippen molar-refractivity contribution in [1.29, 1.82) is 0 Å². The van der Waals surface area contributed by atoms with Crippen LogP contribution in [0.3, 0.4) is 0 Å². The molecule has 4 rings (SSSR count). The van der Waals surface area contributed by atoms with Crippen molar-refractivity contribution in [2.45, 2.75) is 129 Å². The average molecular weight is 501 g/mol. The lowest BCUT2D eigenvalue weighted by atomic mass is 9.68. The fourth-order valence-corrected chi connectivity index (χ4v) is 6.92. The van der Waals surface area contributed by atoms with E-state index < -0.39 is 0 Å². The Kier molecular flexibility index (Phi) is 8.79. The Hall–Kier alpha value is -1.10. The summed E-state index contributed by atoms with van der Waals surface area (Å²) in [7, 11) is 0. The molecule has 2 aliphatic carbocycles. The van der Waals surface area contributed by atoms with E-state index in [-0.39, 0.29) is 23.2 Å². The standard InChI is InChI=1S/C32H52O4/c1-31(2,3)27-17-21(18-28(30(27)34)32(4,5)6)7-16-29-35-19-25(20-36-29)24-10-8-22(9-11-24)23-12-14-26(33)15-13-23/h17-18,22-26,29,33-34H,7-16,19-20H2,1-6H3. The number of aliphatic hydroxyl groups excluding tert-OH is 1. The molecule has 2 N–H and O–H groups in total. The largest absolute Gasteiger partial charge is 0.507 e. The van der Waals surface area contributed by atoms with E-state index in [1.54, 1.807) is 0 Å². The third kappa shape index (κ3) is 6.85. The van der Waals surface area contributed by atoms with Gasteiger partial charge in [0.25, 0.3) is 0 Å². The van der Waals surface area contributed by atoms with Crippen molar-refractivity contribution in [3.8, 4) is 5.75 Å². The molecule has 0 radical (unpaired) electrons. The molecule has 0 atom stereocenters. The molecule has 1 heterocycles. The Morgan fingerprint density at radius 3 is 1.56 bits per heavy atom. The highest BCUT2D eigenvalue weighted by Gasteiger charge is 2.35. The number of aliphatic hydroxyl groups is 1. The second kappa shape index (κ2) is 11.3. The molecule has 0 spiro atoms. The summed E-state index contributed by atoms with van der Waals surface area (Å²) < 4.78 is 12.5. The molecule has 4 heteroatoms. The van der Waals surface area contributed by atoms with Crippen molar-refractivity contribution in [2.75, 3.05) is 13.2 Å². The van der Waals surface area contributed by atoms with Crippen LogP contribution in [0.4, 0.5) is 0 Å². The van der Waals surface area contributed by atoms with Gasteiger partial charge in [0.1, 0.15) is 5.75 Å². The van der Waals surface area contributed by atoms with Gasteiger partial charge in [0, 0.05) is 12.3 Å². The molecule has 0 amide bonds. The molecule has 1 aromatic rings. The number of aromatic hydroxyl groups is 1. The van der Waals surface area contributed by atoms with Crippen molar-refractivity contribution in [3.05, 3.63) is 28.8 Å². The zero-order chi connectivity index (χ0) is 26.1. The topological polar surface area (TPSA) is 58.9 Å². The normalized spacial score (nSPS) is 32.4. The van der Waals surface area contributed by atoms with E-state index in [1.165, 1.54) is 44.1 Å². The first-order chi connectivity index (χ1) is 16.9. The summed E-state index contributed by atoms with van der Waals surface area (Å²) in [6.45, 7) is 14.6. The van der Waals surface area contributed by atoms with Gasteiger partial charge >= 0.3 is 0 Å². The summed E-state index contributed by atoms with van der Waals surface area (Å²) >= 11 is 0. The molecule has 36 heavy (non-hydrogen) atoms. The molecule has 0 unspecified atom stereocenters. The molecule has 0 bridgehead atoms. The van der Waals surface area contributed by atoms with Gasteiger partial charge in [-0.25, -0.2) is 0 Å². The first-order valence-electron chi connectivity index (χ1n) is 14.7. The molecular weight excluding hydrogens is 448 g/mol. The van der Waals surface area contributed by atoms with E-state index in [2.05, 4.69) is 53.7 Å². The Morgan fingerprint density at radius 2 is 1.11 bits per heavy atom. The Balaban J connectivity index is 1.26. The number of phenols is 1. The lowest BCUT2D eigenvalue weighted by Crippen LogP contribution is -2.38. The van der Waals surface area contributed by atoms with Crippen LogP contribution in [-0.4, -0.2) is 35.8 Å². The maximum Gasteiger partial charge on any atom is 0.157 e. The fraction of sp³-hybridized carbons (Fsp3) is 0.812. The second-order valence-corrected chi connectivity index (χ2v) is 14.2. The predicted octanol–water partition coefficient (Wildman–Crippen LogP) is 7.27. The molecule has 2 saturated carbocycles. The average Bonchev–Trinajstić information content (AvgIpc) is 2.83. The molecule has 4 nitrogen and oxygen atoms in total. The minimum atomic E-state index is -0.128. The second-order valence-electron chi connectivity index (χ2n) is 14.2. The molecule has 3 aliphatic rings. The quantitative estimate of drug-likeness (QED) is 0.446. The van der Waals surface area contributed by atoms with Crippen LogP contribution in [0.15, 0.2) is 12.1 Å². The zero-order valence-corrected chi connectivity index (χ0v) is 23.8. The predicted molar refractivity (Wildman–Crippen MR) is 146 cm³/mol. The first-order valence-corrected chi connectivity index (χ1v) is 14.7. The SMILES string of the molecule is CC(C)(C)c1cc(CCC2OCC(C3CCC(C4CCC(O)CC4)CC3)CO2)cc(C(C)(C)C)c1O. The number of rotatable bonds is 5. The molecule has 1 aliphatic heterocycles. The third-order valence-corrected chi connectivity index (χ3v) is 9.34. The summed E-state index contributed by atoms with van der Waals surface area (Å²) in [5.74, 6) is 3.42. The number of benzene rings is 1. The highest BCUT2D eigenvalue weighted by molar-refractivity contribution is 5.49. The van der Waals surface area contributed by atoms with Crippen LogP contribution < -0.4 is 0 Å². The Morgan fingerprint density at radius 1 is 0.694 bits per heavy atom. The van der Waals surface area contributed by atoms with Gasteiger partial charge in [0.15, 0.2) is 6.29 Å². The monoisotopic (exact) mass is 500 g/mol. The van der Waals surface area contributed by atoms with Crippen molar-refractivity contribution in [3.63, 3.8) is 0 Å². The summed E-state index contributed by atoms with van der Waals surface area (Å²) in [5.41, 5.74) is 3.08. The fourth-order valence-electron chi connectivity index (χ4n) is 6.92. The number of ether oxygens (including phenoxy) is 2. The maximum atomic E-state index is 11.0. The Bertz CT molecular complexity index is 805. The van der Waals surface area contributed by atoms with Gasteiger partial charge in [0.05, 0.1) is 19.3 Å². The molecule has 0 aromatic heterocycles. The van der Waals surface area contributed by atoms with Gasteiger partial charge < -0.3 is 19.7 Å². The smallest absolute Gasteiger partial charge is 0.157 e. The summed E-state index contributed by atoms with van der Waals surface area (Å²) in [6.07, 6.45) is 11.4. The van der Waals surface area contributed by atoms with Crippen LogP contribution >= 0.6 is 0 Å². The van der Waals surface area contributed by atoms with Crippen molar-refractivity contribution < 1.29 is 19.7 Å². The number of aryl methyl sites for hydroxylation is 1. The lowest BCUT2D eigenvalue weighted by Gasteiger charge is -2.40. The van der Waals surface area contributed by atoms with Crippen molar-refractivity contribution in [2.24, 2.45) is 23.7 Å². The highest BCUT2D eigenvalue weighted by atomic mass is 16.7. The highest BCUT2D eigenvalue weighted by Crippen LogP contribution is 2.43. The van der Waals surface area contributed by atoms with E-state index >= 15 is 0 Å². The van der Waals surface area contributed by atoms with Crippen LogP contribution in [0.5, 0.6) is 5.75 Å². The van der Waals surface area contributed by atoms with Crippen molar-refractivity contribution in [1.82, 2.24) is 0 Å². The minimum absolute atomic E-state index is 0.0443. The molecule has 3 fully saturated rings. The minimum Gasteiger partial charge on any atom is -0.507 e. The third-order valence-electron chi connectivity index (χ3n) is 9.34. The van der Waals surface area contributed by atoms with Gasteiger partial charge in [-0.2, -0.15) is 0 Å². The van der Waals surface area contributed by atoms with E-state index in [4.69, 9.17) is 9.47 Å². The maximum absolute atomic E-state index is 11.0. The van der Waals surface area contributed by atoms with Crippen LogP contribution in [0.2, 0.25) is 0 Å². The lowest BCUT2D eigenvalue weighted by molar-refractivity contribution is -0.212. The van der Waals surface area contributed by atoms with Crippen molar-refractivity contribution >= 4 is 0 Å². The van der Waals surface area contributed by atoms with Crippen LogP contribution in [0, 0.1) is 23.7 Å². The van der Waals surface area contributed by atoms with Gasteiger partial charge in [-0.1, -0.05) is 53.7 Å². The van der Waals surface area contributed by atoms with E-state index in [1.807, 2.05) is 0 Å². The first kappa shape index (κ1) is 27.9. The van der Waals surface area contributed by atoms with Gasteiger partial charge in [-0.05, 0) is 103 Å². The van der Waals surface area contributed by atoms with E-state index in [0.717, 1.165) is 67.8 Å². The van der Waals surface area contributed by atoms with Gasteiger partial charge in [0.2, 0.25) is 0 Å². The number of hydrogen-bond donors (Lipinski definition) is 2. The van der Waals surface area contributed by atoms with Crippen LogP contribution in [0.1, 0.15) is 116 Å². The molecule has 1 saturated heterocycles. The molecule has 204 valence electrons. The van der Waals surface area contributed by atoms with Gasteiger partial charge in [-0.15, -0.1) is 0 Å². The van der Waals surface area contributed by atoms with Crippen LogP contribution in [-0.2, 0) is 26.7 Å². The van der Waals surface area contributed by atoms with Crippen LogP contribution in [0.25, 0.3) is 0 Å². The summed E-state index contributed by atoms with van der Waals surface area (Å²) in [4.78, 5) is 0. The van der Waals surface area contributed by atoms with Gasteiger partial charge in [-0.3, -0.25) is 0 Å². The summed E-state index contributed by atoms with van der Waals surface area (Å²) in [5, 5.41) is 20.8. The number of phenolic OH excluding ortho intramolecular Hbond substituents is 1. The van der Waals surface area contributed by atoms with E-state index in [9.17, 15) is 10.2 Å². The summed E-state index contributed by atoms with van der Waals surface area (Å²) in [6, 6.07) is 4.36. The molecule has 1 aromatic carbocycles. The Labute approximate surface area is 220 Å². The molecular formula is C32H52O4. The number of hydrogen-bond acceptors (Lipinski definition) is 4.